The van der Waals surface area contributed by atoms with Crippen LogP contribution in [0.1, 0.15) is 164 Å². The number of fused-ring (bicyclic) bond motifs is 7. The van der Waals surface area contributed by atoms with Crippen LogP contribution in [-0.4, -0.2) is 302 Å². The fourth-order valence-corrected chi connectivity index (χ4v) is 20.6. The normalized spacial score (nSPS) is 28.3. The van der Waals surface area contributed by atoms with Gasteiger partial charge in [0.25, 0.3) is 23.6 Å². The highest BCUT2D eigenvalue weighted by Crippen LogP contribution is 2.41. The van der Waals surface area contributed by atoms with Gasteiger partial charge in [0.2, 0.25) is 17.7 Å². The standard InChI is InChI=1S/C99H134N18O17/c1-60-17-13-12-14-18-61(2)80(126-8)51-74-25-20-66(7)99(125,134-74)89(120)93(122)116-30-16-15-19-77(116)94(123)131-82(52-81(127-9)62(3)46-65(6)87(119)88(129-11)86(118)64(5)45-60)63(4)47-67-22-26-79(83(49-67)128-10)133-98(124)115-32-29-75-73(58-115)55-104-97(108-75)113-39-35-111(36-40-113)42-44-130-43-41-110-33-37-112(38-34-110)96-102-53-72(54-103-96)92(121)114-31-28-69-48-68(21-23-71(69)57-114)56-117-91-84(90(100)105-59-106-91)85(109-117)70-24-27-78-76(50-70)107-95(101)132-78/h12-14,17-18,21,23-24,27,46,48,50,53-55,59-60,62-64,66-67,74,77,79-83,87-88,119,125H,15-16,19-20,22,25-26,28-45,47,49,51-52,56-58H2,1-11H3,(H2,101,107)(H2,100,105,106)/b14-12?,17-13+,61-18?,65-46+/t60-,62-,63-,64-,66-,67+,74+,77+,79-,80+,81-,82+,83-,87-,88+,99-/m1/s1. The first kappa shape index (κ1) is 97.9. The van der Waals surface area contributed by atoms with Crippen LogP contribution < -0.4 is 21.3 Å². The maximum absolute atomic E-state index is 15.1. The van der Waals surface area contributed by atoms with Crippen LogP contribution in [0.3, 0.4) is 0 Å². The number of allylic oxidation sites excluding steroid dienone is 5. The number of nitrogens with zero attached hydrogens (tertiary/aromatic N) is 16. The van der Waals surface area contributed by atoms with Gasteiger partial charge in [0.1, 0.15) is 53.8 Å². The summed E-state index contributed by atoms with van der Waals surface area (Å²) in [7, 11) is 6.22. The molecule has 12 heterocycles. The number of oxazole rings is 1. The number of benzene rings is 2. The Morgan fingerprint density at radius 3 is 2.13 bits per heavy atom. The summed E-state index contributed by atoms with van der Waals surface area (Å²) in [6.45, 7) is 24.8. The number of Topliss-reactive ketones (excluding diaryl/α,β-unsaturated/α-hetero) is 2. The van der Waals surface area contributed by atoms with Crippen LogP contribution in [-0.2, 0) is 89.5 Å². The second kappa shape index (κ2) is 44.5. The first-order valence-electron chi connectivity index (χ1n) is 47.8. The molecule has 1 saturated carbocycles. The zero-order valence-electron chi connectivity index (χ0n) is 79.4. The highest BCUT2D eigenvalue weighted by atomic mass is 16.6. The van der Waals surface area contributed by atoms with Crippen molar-refractivity contribution in [3.05, 3.63) is 142 Å². The van der Waals surface area contributed by atoms with Gasteiger partial charge in [-0.25, -0.2) is 44.2 Å². The van der Waals surface area contributed by atoms with Gasteiger partial charge in [-0.15, -0.1) is 0 Å². The smallest absolute Gasteiger partial charge is 0.410 e. The molecule has 1 aliphatic carbocycles. The molecule has 0 unspecified atom stereocenters. The summed E-state index contributed by atoms with van der Waals surface area (Å²) in [6, 6.07) is 10.8. The second-order valence-corrected chi connectivity index (χ2v) is 38.0. The lowest BCUT2D eigenvalue weighted by molar-refractivity contribution is -0.265. The van der Waals surface area contributed by atoms with Crippen molar-refractivity contribution in [3.63, 3.8) is 0 Å². The van der Waals surface area contributed by atoms with Crippen LogP contribution in [0.4, 0.5) is 28.5 Å². The number of hydrogen-bond donors (Lipinski definition) is 4. The average molecular weight is 1850 g/mol. The summed E-state index contributed by atoms with van der Waals surface area (Å²) in [4.78, 5) is 133. The molecule has 3 amide bonds. The number of methoxy groups -OCH3 is 4. The third-order valence-corrected chi connectivity index (χ3v) is 28.8. The molecule has 6 N–H and O–H groups in total. The van der Waals surface area contributed by atoms with Crippen molar-refractivity contribution in [1.82, 2.24) is 69.2 Å². The van der Waals surface area contributed by atoms with Gasteiger partial charge in [-0.05, 0) is 148 Å². The molecule has 4 saturated heterocycles. The zero-order valence-corrected chi connectivity index (χ0v) is 79.4. The van der Waals surface area contributed by atoms with E-state index in [1.807, 2.05) is 99.0 Å². The highest BCUT2D eigenvalue weighted by Gasteiger charge is 2.54. The topological polar surface area (TPSA) is 413 Å². The summed E-state index contributed by atoms with van der Waals surface area (Å²) >= 11 is 0. The van der Waals surface area contributed by atoms with Crippen molar-refractivity contribution < 1.29 is 81.3 Å². The monoisotopic (exact) mass is 1850 g/mol. The van der Waals surface area contributed by atoms with E-state index in [0.717, 1.165) is 99.0 Å². The van der Waals surface area contributed by atoms with E-state index < -0.39 is 96.2 Å². The maximum Gasteiger partial charge on any atom is 0.410 e. The predicted octanol–water partition coefficient (Wildman–Crippen LogP) is 9.73. The lowest BCUT2D eigenvalue weighted by Crippen LogP contribution is -2.61. The Kier molecular flexibility index (Phi) is 32.5. The van der Waals surface area contributed by atoms with E-state index in [-0.39, 0.29) is 60.8 Å². The molecule has 0 spiro atoms. The van der Waals surface area contributed by atoms with Crippen LogP contribution in [0.25, 0.3) is 33.4 Å². The number of esters is 1. The number of nitrogen functional groups attached to an aromatic ring is 2. The summed E-state index contributed by atoms with van der Waals surface area (Å²) in [5.74, 6) is -5.81. The van der Waals surface area contributed by atoms with Crippen molar-refractivity contribution in [2.45, 2.75) is 219 Å². The maximum atomic E-state index is 15.1. The van der Waals surface area contributed by atoms with Crippen molar-refractivity contribution in [2.24, 2.45) is 35.5 Å². The predicted molar refractivity (Wildman–Crippen MR) is 503 cm³/mol. The number of ketones is 2. The van der Waals surface area contributed by atoms with Crippen molar-refractivity contribution in [2.75, 3.05) is 148 Å². The number of nitrogens with two attached hydrogens (primary N) is 2. The van der Waals surface area contributed by atoms with Gasteiger partial charge < -0.3 is 88.5 Å². The fourth-order valence-electron chi connectivity index (χ4n) is 20.6. The quantitative estimate of drug-likeness (QED) is 0.0238. The lowest BCUT2D eigenvalue weighted by atomic mass is 9.78. The van der Waals surface area contributed by atoms with Crippen molar-refractivity contribution in [1.29, 1.82) is 0 Å². The number of hydrogen-bond acceptors (Lipinski definition) is 31. The van der Waals surface area contributed by atoms with Crippen LogP contribution in [0.2, 0.25) is 0 Å². The number of piperidine rings is 1. The Morgan fingerprint density at radius 2 is 1.40 bits per heavy atom. The van der Waals surface area contributed by atoms with E-state index in [9.17, 15) is 34.2 Å². The van der Waals surface area contributed by atoms with Crippen LogP contribution in [0, 0.1) is 35.5 Å². The first-order valence-corrected chi connectivity index (χ1v) is 47.8. The van der Waals surface area contributed by atoms with E-state index in [2.05, 4.69) is 62.7 Å². The van der Waals surface area contributed by atoms with Crippen LogP contribution >= 0.6 is 0 Å². The number of aliphatic hydroxyl groups is 2. The molecule has 8 aliphatic rings. The molecule has 7 aliphatic heterocycles. The number of aliphatic hydroxyl groups excluding tert-OH is 1. The molecule has 7 aromatic rings. The summed E-state index contributed by atoms with van der Waals surface area (Å²) in [5, 5.41) is 29.7. The molecule has 35 heteroatoms. The third-order valence-electron chi connectivity index (χ3n) is 28.8. The number of amides is 3. The third kappa shape index (κ3) is 23.0. The molecule has 0 radical (unpaired) electrons. The highest BCUT2D eigenvalue weighted by molar-refractivity contribution is 6.39. The number of cyclic esters (lactones) is 1. The lowest BCUT2D eigenvalue weighted by Gasteiger charge is -2.43. The number of piperazine rings is 2. The minimum atomic E-state index is -2.46. The number of aromatic nitrogens is 9. The van der Waals surface area contributed by atoms with Gasteiger partial charge in [0.15, 0.2) is 17.0 Å². The molecule has 16 atom stereocenters. The Hall–Kier alpha value is -10.6. The minimum absolute atomic E-state index is 0.00860. The molecule has 134 heavy (non-hydrogen) atoms. The SMILES string of the molecule is CO[C@H]1C[C@@H]2CC[C@@H](C)[C@@](O)(O2)C(=O)C(=O)N2CCCC[C@H]2C(=O)O[C@H]([C@H](C)C[C@@H]2CC[C@@H](OC(=O)N3CCc4nc(N5CCN(CCOCCN6CCN(c7ncc(C(=O)N8CCc9cc(Cn%10nc(-c%11ccc%12oc(N)nc%12c%11)c%11c(N)ncnc%11%10)ccc9C8)cn7)CC6)CC5)ncc4C3)[C@H](OC)C2)C[C@@H](OC)[C@H](C)/C=C(\C)[C@@H](O)[C@@H](OC)C(=O)[C@H](C)C[C@H](C)/C=C/C=CC=C1C. The number of carbonyl (C=O) groups excluding carboxylic acids is 6. The number of rotatable bonds is 20. The summed E-state index contributed by atoms with van der Waals surface area (Å²) in [6.07, 6.45) is 18.7. The zero-order chi connectivity index (χ0) is 94.6. The van der Waals surface area contributed by atoms with Crippen LogP contribution in [0.15, 0.2) is 113 Å². The molecule has 2 bridgehead atoms. The Bertz CT molecular complexity index is 5400. The Labute approximate surface area is 783 Å². The molecular weight excluding hydrogens is 1710 g/mol. The van der Waals surface area contributed by atoms with Crippen molar-refractivity contribution in [3.8, 4) is 11.3 Å². The number of anilines is 4. The van der Waals surface area contributed by atoms with Crippen LogP contribution in [0.5, 0.6) is 0 Å². The van der Waals surface area contributed by atoms with E-state index in [0.29, 0.717) is 180 Å². The molecule has 5 fully saturated rings. The molecule has 722 valence electrons. The average Bonchev–Trinajstić information content (AvgIpc) is 1.19. The van der Waals surface area contributed by atoms with E-state index in [1.54, 1.807) is 58.5 Å². The van der Waals surface area contributed by atoms with E-state index in [1.165, 1.54) is 23.9 Å². The summed E-state index contributed by atoms with van der Waals surface area (Å²) < 4.78 is 56.9. The minimum Gasteiger partial charge on any atom is -0.460 e. The van der Waals surface area contributed by atoms with Gasteiger partial charge in [-0.1, -0.05) is 89.3 Å². The van der Waals surface area contributed by atoms with Gasteiger partial charge in [0.05, 0.1) is 67.4 Å². The number of carbonyl (C=O) groups is 6. The molecule has 15 rings (SSSR count). The number of ether oxygens (including phenoxy) is 8. The van der Waals surface area contributed by atoms with Gasteiger partial charge in [0, 0.05) is 187 Å². The van der Waals surface area contributed by atoms with E-state index in [4.69, 9.17) is 68.8 Å². The molecule has 35 nitrogen and oxygen atoms in total. The molecule has 5 aromatic heterocycles. The molecular formula is C99H134N18O17. The van der Waals surface area contributed by atoms with Gasteiger partial charge >= 0.3 is 12.1 Å². The summed E-state index contributed by atoms with van der Waals surface area (Å²) in [5.41, 5.74) is 22.4. The van der Waals surface area contributed by atoms with Crippen molar-refractivity contribution >= 4 is 81.3 Å². The van der Waals surface area contributed by atoms with Gasteiger partial charge in [-0.3, -0.25) is 29.0 Å². The fraction of sp³-hybridized carbons (Fsp3) is 0.596. The Balaban J connectivity index is 0.490. The molecule has 2 aromatic carbocycles. The van der Waals surface area contributed by atoms with Gasteiger partial charge in [-0.2, -0.15) is 10.1 Å². The first-order chi connectivity index (χ1) is 64.6. The Morgan fingerprint density at radius 1 is 0.679 bits per heavy atom. The largest absolute Gasteiger partial charge is 0.460 e. The second-order valence-electron chi connectivity index (χ2n) is 38.0. The van der Waals surface area contributed by atoms with E-state index >= 15 is 4.79 Å².